The molecule has 0 fully saturated rings. The van der Waals surface area contributed by atoms with Gasteiger partial charge in [0.25, 0.3) is 11.8 Å². The predicted octanol–water partition coefficient (Wildman–Crippen LogP) is 3.06. The van der Waals surface area contributed by atoms with Crippen molar-refractivity contribution in [3.63, 3.8) is 0 Å². The number of aromatic amines is 1. The molecule has 5 heteroatoms. The molecule has 0 radical (unpaired) electrons. The number of nitrogens with one attached hydrogen (secondary N) is 3. The van der Waals surface area contributed by atoms with E-state index in [0.717, 1.165) is 11.9 Å². The number of carbonyl (C=O) groups excluding carboxylic acids is 2. The summed E-state index contributed by atoms with van der Waals surface area (Å²) in [7, 11) is 0. The zero-order valence-electron chi connectivity index (χ0n) is 14.4. The first-order valence-corrected chi connectivity index (χ1v) is 8.51. The molecule has 2 amide bonds. The van der Waals surface area contributed by atoms with E-state index in [1.165, 1.54) is 10.9 Å². The first-order chi connectivity index (χ1) is 12.7. The zero-order valence-corrected chi connectivity index (χ0v) is 14.4. The van der Waals surface area contributed by atoms with Gasteiger partial charge in [-0.1, -0.05) is 24.3 Å². The summed E-state index contributed by atoms with van der Waals surface area (Å²) in [6, 6.07) is 14.7. The summed E-state index contributed by atoms with van der Waals surface area (Å²) in [6.45, 7) is 4.51. The van der Waals surface area contributed by atoms with E-state index >= 15 is 0 Å². The molecule has 0 saturated carbocycles. The molecule has 3 N–H and O–H groups in total. The minimum Gasteiger partial charge on any atom is -0.361 e. The number of H-pyrrole nitrogens is 1. The van der Waals surface area contributed by atoms with Gasteiger partial charge < -0.3 is 15.6 Å². The number of amides is 2. The molecule has 1 aromatic heterocycles. The molecule has 0 saturated heterocycles. The van der Waals surface area contributed by atoms with Crippen molar-refractivity contribution in [3.05, 3.63) is 84.1 Å². The van der Waals surface area contributed by atoms with Gasteiger partial charge in [-0.3, -0.25) is 9.59 Å². The fourth-order valence-electron chi connectivity index (χ4n) is 2.79. The Hall–Kier alpha value is -3.34. The third kappa shape index (κ3) is 4.00. The van der Waals surface area contributed by atoms with Crippen LogP contribution in [0.15, 0.2) is 67.4 Å². The third-order valence-electron chi connectivity index (χ3n) is 4.17. The number of rotatable bonds is 7. The fraction of sp³-hybridized carbons (Fsp3) is 0.143. The molecule has 0 bridgehead atoms. The molecule has 0 aliphatic carbocycles. The standard InChI is InChI=1S/C21H21N3O2/c1-2-12-22-20(25)15-7-9-16(10-8-15)21(26)23-13-11-17-14-24-19-6-4-3-5-18(17)19/h2-10,14,24H,1,11-13H2,(H,22,25)(H,23,26). The van der Waals surface area contributed by atoms with E-state index in [0.29, 0.717) is 24.2 Å². The van der Waals surface area contributed by atoms with Crippen LogP contribution in [0.4, 0.5) is 0 Å². The van der Waals surface area contributed by atoms with Crippen molar-refractivity contribution in [3.8, 4) is 0 Å². The van der Waals surface area contributed by atoms with Gasteiger partial charge in [-0.2, -0.15) is 0 Å². The molecule has 0 atom stereocenters. The highest BCUT2D eigenvalue weighted by Gasteiger charge is 2.09. The van der Waals surface area contributed by atoms with Crippen LogP contribution in [0.3, 0.4) is 0 Å². The topological polar surface area (TPSA) is 74.0 Å². The minimum atomic E-state index is -0.184. The Kier molecular flexibility index (Phi) is 5.49. The number of fused-ring (bicyclic) bond motifs is 1. The lowest BCUT2D eigenvalue weighted by atomic mass is 10.1. The molecule has 0 spiro atoms. The summed E-state index contributed by atoms with van der Waals surface area (Å²) in [5.41, 5.74) is 3.32. The molecule has 0 aliphatic rings. The van der Waals surface area contributed by atoms with Gasteiger partial charge in [0.05, 0.1) is 0 Å². The number of benzene rings is 2. The van der Waals surface area contributed by atoms with Crippen LogP contribution >= 0.6 is 0 Å². The lowest BCUT2D eigenvalue weighted by Gasteiger charge is -2.06. The maximum absolute atomic E-state index is 12.3. The van der Waals surface area contributed by atoms with Crippen molar-refractivity contribution in [2.45, 2.75) is 6.42 Å². The first kappa shape index (κ1) is 17.5. The fourth-order valence-corrected chi connectivity index (χ4v) is 2.79. The lowest BCUT2D eigenvalue weighted by molar-refractivity contribution is 0.0944. The molecule has 26 heavy (non-hydrogen) atoms. The molecule has 1 heterocycles. The lowest BCUT2D eigenvalue weighted by Crippen LogP contribution is -2.26. The predicted molar refractivity (Wildman–Crippen MR) is 103 cm³/mol. The van der Waals surface area contributed by atoms with Crippen molar-refractivity contribution in [2.24, 2.45) is 0 Å². The number of carbonyl (C=O) groups is 2. The molecule has 132 valence electrons. The van der Waals surface area contributed by atoms with Crippen molar-refractivity contribution < 1.29 is 9.59 Å². The number of hydrogen-bond acceptors (Lipinski definition) is 2. The Balaban J connectivity index is 1.55. The SMILES string of the molecule is C=CCNC(=O)c1ccc(C(=O)NCCc2c[nH]c3ccccc23)cc1. The summed E-state index contributed by atoms with van der Waals surface area (Å²) in [4.78, 5) is 27.3. The van der Waals surface area contributed by atoms with Gasteiger partial charge in [-0.25, -0.2) is 0 Å². The number of para-hydroxylation sites is 1. The molecule has 0 aliphatic heterocycles. The van der Waals surface area contributed by atoms with Crippen molar-refractivity contribution in [2.75, 3.05) is 13.1 Å². The van der Waals surface area contributed by atoms with E-state index in [1.54, 1.807) is 30.3 Å². The summed E-state index contributed by atoms with van der Waals surface area (Å²) in [6.07, 6.45) is 4.35. The third-order valence-corrected chi connectivity index (χ3v) is 4.17. The van der Waals surface area contributed by atoms with E-state index in [4.69, 9.17) is 0 Å². The average Bonchev–Trinajstić information content (AvgIpc) is 3.09. The smallest absolute Gasteiger partial charge is 0.251 e. The van der Waals surface area contributed by atoms with Gasteiger partial charge in [0.2, 0.25) is 0 Å². The van der Waals surface area contributed by atoms with Crippen LogP contribution in [0.2, 0.25) is 0 Å². The Labute approximate surface area is 152 Å². The van der Waals surface area contributed by atoms with Crippen molar-refractivity contribution >= 4 is 22.7 Å². The molecule has 3 rings (SSSR count). The largest absolute Gasteiger partial charge is 0.361 e. The van der Waals surface area contributed by atoms with Crippen LogP contribution in [0.25, 0.3) is 10.9 Å². The Morgan fingerprint density at radius 1 is 0.962 bits per heavy atom. The van der Waals surface area contributed by atoms with Crippen LogP contribution in [-0.4, -0.2) is 29.9 Å². The van der Waals surface area contributed by atoms with Crippen molar-refractivity contribution in [1.82, 2.24) is 15.6 Å². The van der Waals surface area contributed by atoms with Crippen LogP contribution in [0, 0.1) is 0 Å². The maximum atomic E-state index is 12.3. The molecule has 3 aromatic rings. The van der Waals surface area contributed by atoms with E-state index in [1.807, 2.05) is 24.4 Å². The first-order valence-electron chi connectivity index (χ1n) is 8.51. The quantitative estimate of drug-likeness (QED) is 0.575. The normalized spacial score (nSPS) is 10.5. The van der Waals surface area contributed by atoms with Gasteiger partial charge in [-0.15, -0.1) is 6.58 Å². The second-order valence-corrected chi connectivity index (χ2v) is 5.94. The maximum Gasteiger partial charge on any atom is 0.251 e. The summed E-state index contributed by atoms with van der Waals surface area (Å²) < 4.78 is 0. The highest BCUT2D eigenvalue weighted by molar-refractivity contribution is 5.97. The Morgan fingerprint density at radius 3 is 2.31 bits per heavy atom. The van der Waals surface area contributed by atoms with Gasteiger partial charge >= 0.3 is 0 Å². The number of hydrogen-bond donors (Lipinski definition) is 3. The van der Waals surface area contributed by atoms with Gasteiger partial charge in [-0.05, 0) is 42.3 Å². The monoisotopic (exact) mass is 347 g/mol. The van der Waals surface area contributed by atoms with E-state index in [2.05, 4.69) is 28.3 Å². The van der Waals surface area contributed by atoms with Gasteiger partial charge in [0.1, 0.15) is 0 Å². The second-order valence-electron chi connectivity index (χ2n) is 5.94. The van der Waals surface area contributed by atoms with Crippen LogP contribution < -0.4 is 10.6 Å². The molecule has 0 unspecified atom stereocenters. The van der Waals surface area contributed by atoms with E-state index < -0.39 is 0 Å². The molecular formula is C21H21N3O2. The van der Waals surface area contributed by atoms with Gasteiger partial charge in [0.15, 0.2) is 0 Å². The number of aromatic nitrogens is 1. The van der Waals surface area contributed by atoms with Crippen molar-refractivity contribution in [1.29, 1.82) is 0 Å². The molecule has 5 nitrogen and oxygen atoms in total. The summed E-state index contributed by atoms with van der Waals surface area (Å²) in [5.74, 6) is -0.334. The zero-order chi connectivity index (χ0) is 18.4. The molecule has 2 aromatic carbocycles. The van der Waals surface area contributed by atoms with Gasteiger partial charge in [0, 0.05) is 41.3 Å². The van der Waals surface area contributed by atoms with E-state index in [-0.39, 0.29) is 11.8 Å². The van der Waals surface area contributed by atoms with Crippen LogP contribution in [0.5, 0.6) is 0 Å². The summed E-state index contributed by atoms with van der Waals surface area (Å²) in [5, 5.41) is 6.80. The van der Waals surface area contributed by atoms with Crippen LogP contribution in [0.1, 0.15) is 26.3 Å². The second kappa shape index (κ2) is 8.16. The average molecular weight is 347 g/mol. The highest BCUT2D eigenvalue weighted by Crippen LogP contribution is 2.17. The Morgan fingerprint density at radius 2 is 1.62 bits per heavy atom. The Bertz CT molecular complexity index is 926. The summed E-state index contributed by atoms with van der Waals surface area (Å²) >= 11 is 0. The van der Waals surface area contributed by atoms with E-state index in [9.17, 15) is 9.59 Å². The molecular weight excluding hydrogens is 326 g/mol. The highest BCUT2D eigenvalue weighted by atomic mass is 16.2. The minimum absolute atomic E-state index is 0.150. The van der Waals surface area contributed by atoms with Crippen LogP contribution in [-0.2, 0) is 6.42 Å².